The quantitative estimate of drug-likeness (QED) is 0.846. The van der Waals surface area contributed by atoms with Crippen molar-refractivity contribution in [3.8, 4) is 0 Å². The van der Waals surface area contributed by atoms with Crippen molar-refractivity contribution in [2.75, 3.05) is 12.4 Å². The molecule has 0 aliphatic heterocycles. The summed E-state index contributed by atoms with van der Waals surface area (Å²) in [6.07, 6.45) is 4.62. The molecule has 0 saturated heterocycles. The van der Waals surface area contributed by atoms with Crippen LogP contribution in [0.25, 0.3) is 0 Å². The molecule has 2 amide bonds. The van der Waals surface area contributed by atoms with Crippen LogP contribution in [0.5, 0.6) is 0 Å². The summed E-state index contributed by atoms with van der Waals surface area (Å²) >= 11 is 0. The maximum atomic E-state index is 12.3. The summed E-state index contributed by atoms with van der Waals surface area (Å²) in [5.41, 5.74) is 0.551. The van der Waals surface area contributed by atoms with Crippen molar-refractivity contribution in [3.05, 3.63) is 28.7 Å². The Labute approximate surface area is 137 Å². The molecule has 2 N–H and O–H groups in total. The topological polar surface area (TPSA) is 72.4 Å². The Morgan fingerprint density at radius 2 is 2.04 bits per heavy atom. The monoisotopic (exact) mass is 321 g/mol. The second-order valence-corrected chi connectivity index (χ2v) is 6.09. The lowest BCUT2D eigenvalue weighted by atomic mass is 9.58. The van der Waals surface area contributed by atoms with Gasteiger partial charge in [0, 0.05) is 37.4 Å². The van der Waals surface area contributed by atoms with Gasteiger partial charge in [0.2, 0.25) is 0 Å². The number of amides is 2. The normalized spacial score (nSPS) is 22.3. The van der Waals surface area contributed by atoms with E-state index in [2.05, 4.69) is 24.5 Å². The molecule has 0 spiro atoms. The first-order valence-corrected chi connectivity index (χ1v) is 8.31. The number of hydrogen-bond acceptors (Lipinski definition) is 3. The van der Waals surface area contributed by atoms with E-state index in [0.717, 1.165) is 19.3 Å². The van der Waals surface area contributed by atoms with Gasteiger partial charge in [-0.25, -0.2) is 4.79 Å². The number of aryl methyl sites for hydroxylation is 1. The van der Waals surface area contributed by atoms with Crippen molar-refractivity contribution >= 4 is 11.7 Å². The summed E-state index contributed by atoms with van der Waals surface area (Å²) in [5, 5.41) is 5.87. The minimum absolute atomic E-state index is 0.00823. The number of carbonyl (C=O) groups is 1. The van der Waals surface area contributed by atoms with Crippen molar-refractivity contribution in [2.45, 2.75) is 58.7 Å². The van der Waals surface area contributed by atoms with E-state index in [0.29, 0.717) is 12.2 Å². The Kier molecular flexibility index (Phi) is 5.46. The average molecular weight is 321 g/mol. The smallest absolute Gasteiger partial charge is 0.319 e. The van der Waals surface area contributed by atoms with Crippen molar-refractivity contribution in [1.29, 1.82) is 0 Å². The summed E-state index contributed by atoms with van der Waals surface area (Å²) in [7, 11) is 1.73. The SMILES string of the molecule is CCn1cc(NC(=O)N[C@@H]2C[C@H](OC)C2(CC)CC)ccc1=O. The molecule has 2 rings (SSSR count). The number of rotatable bonds is 6. The zero-order valence-corrected chi connectivity index (χ0v) is 14.4. The highest BCUT2D eigenvalue weighted by atomic mass is 16.5. The highest BCUT2D eigenvalue weighted by Gasteiger charge is 2.53. The fraction of sp³-hybridized carbons (Fsp3) is 0.647. The lowest BCUT2D eigenvalue weighted by molar-refractivity contribution is -0.119. The Hall–Kier alpha value is -1.82. The van der Waals surface area contributed by atoms with Gasteiger partial charge in [-0.2, -0.15) is 0 Å². The molecule has 1 heterocycles. The summed E-state index contributed by atoms with van der Waals surface area (Å²) in [5.74, 6) is 0. The van der Waals surface area contributed by atoms with Crippen LogP contribution in [0.2, 0.25) is 0 Å². The number of nitrogens with zero attached hydrogens (tertiary/aromatic N) is 1. The molecule has 1 aromatic rings. The van der Waals surface area contributed by atoms with Crippen LogP contribution in [0.3, 0.4) is 0 Å². The Morgan fingerprint density at radius 1 is 1.35 bits per heavy atom. The number of hydrogen-bond donors (Lipinski definition) is 2. The molecular formula is C17H27N3O3. The first-order chi connectivity index (χ1) is 11.0. The maximum absolute atomic E-state index is 12.3. The summed E-state index contributed by atoms with van der Waals surface area (Å²) in [4.78, 5) is 23.8. The molecule has 1 saturated carbocycles. The van der Waals surface area contributed by atoms with E-state index < -0.39 is 0 Å². The second kappa shape index (κ2) is 7.17. The van der Waals surface area contributed by atoms with Gasteiger partial charge in [0.15, 0.2) is 0 Å². The van der Waals surface area contributed by atoms with Crippen LogP contribution in [0, 0.1) is 5.41 Å². The lowest BCUT2D eigenvalue weighted by Crippen LogP contribution is -2.64. The van der Waals surface area contributed by atoms with Crippen LogP contribution in [0.4, 0.5) is 10.5 Å². The molecule has 2 atom stereocenters. The van der Waals surface area contributed by atoms with E-state index in [1.165, 1.54) is 6.07 Å². The van der Waals surface area contributed by atoms with Crippen LogP contribution in [-0.2, 0) is 11.3 Å². The lowest BCUT2D eigenvalue weighted by Gasteiger charge is -2.54. The molecule has 6 heteroatoms. The number of carbonyl (C=O) groups excluding carboxylic acids is 1. The Bertz CT molecular complexity index is 607. The van der Waals surface area contributed by atoms with Crippen molar-refractivity contribution < 1.29 is 9.53 Å². The molecule has 1 fully saturated rings. The van der Waals surface area contributed by atoms with Crippen LogP contribution in [-0.4, -0.2) is 29.9 Å². The van der Waals surface area contributed by atoms with Crippen LogP contribution in [0.1, 0.15) is 40.0 Å². The molecule has 0 unspecified atom stereocenters. The van der Waals surface area contributed by atoms with Gasteiger partial charge >= 0.3 is 6.03 Å². The average Bonchev–Trinajstić information content (AvgIpc) is 2.54. The zero-order chi connectivity index (χ0) is 17.0. The van der Waals surface area contributed by atoms with Crippen LogP contribution >= 0.6 is 0 Å². The maximum Gasteiger partial charge on any atom is 0.319 e. The van der Waals surface area contributed by atoms with Crippen molar-refractivity contribution in [2.24, 2.45) is 5.41 Å². The third-order valence-corrected chi connectivity index (χ3v) is 5.27. The summed E-state index contributed by atoms with van der Waals surface area (Å²) in [6, 6.07) is 2.96. The van der Waals surface area contributed by atoms with Gasteiger partial charge < -0.3 is 19.9 Å². The molecule has 0 radical (unpaired) electrons. The molecule has 0 aromatic carbocycles. The zero-order valence-electron chi connectivity index (χ0n) is 14.4. The molecule has 6 nitrogen and oxygen atoms in total. The van der Waals surface area contributed by atoms with Crippen molar-refractivity contribution in [3.63, 3.8) is 0 Å². The molecule has 0 bridgehead atoms. The predicted octanol–water partition coefficient (Wildman–Crippen LogP) is 2.58. The van der Waals surface area contributed by atoms with Gasteiger partial charge in [-0.3, -0.25) is 4.79 Å². The molecule has 1 aliphatic rings. The van der Waals surface area contributed by atoms with Gasteiger partial charge in [0.05, 0.1) is 11.8 Å². The number of urea groups is 1. The number of pyridine rings is 1. The number of methoxy groups -OCH3 is 1. The van der Waals surface area contributed by atoms with Crippen LogP contribution < -0.4 is 16.2 Å². The summed E-state index contributed by atoms with van der Waals surface area (Å²) in [6.45, 7) is 6.74. The Morgan fingerprint density at radius 3 is 2.61 bits per heavy atom. The van der Waals surface area contributed by atoms with Crippen LogP contribution in [0.15, 0.2) is 23.1 Å². The molecule has 128 valence electrons. The van der Waals surface area contributed by atoms with Gasteiger partial charge in [-0.1, -0.05) is 13.8 Å². The highest BCUT2D eigenvalue weighted by Crippen LogP contribution is 2.48. The fourth-order valence-corrected chi connectivity index (χ4v) is 3.66. The number of ether oxygens (including phenoxy) is 1. The van der Waals surface area contributed by atoms with E-state index in [1.807, 2.05) is 6.92 Å². The van der Waals surface area contributed by atoms with Gasteiger partial charge in [-0.05, 0) is 32.3 Å². The first-order valence-electron chi connectivity index (χ1n) is 8.31. The third-order valence-electron chi connectivity index (χ3n) is 5.27. The van der Waals surface area contributed by atoms with Gasteiger partial charge in [0.1, 0.15) is 0 Å². The summed E-state index contributed by atoms with van der Waals surface area (Å²) < 4.78 is 7.11. The standard InChI is InChI=1S/C17H27N3O3/c1-5-17(6-2)13(10-14(17)23-4)19-16(22)18-12-8-9-15(21)20(7-3)11-12/h8-9,11,13-14H,5-7,10H2,1-4H3,(H2,18,19,22)/t13-,14+/m1/s1. The van der Waals surface area contributed by atoms with E-state index in [9.17, 15) is 9.59 Å². The second-order valence-electron chi connectivity index (χ2n) is 6.09. The molecule has 1 aromatic heterocycles. The third kappa shape index (κ3) is 3.27. The van der Waals surface area contributed by atoms with Crippen molar-refractivity contribution in [1.82, 2.24) is 9.88 Å². The highest BCUT2D eigenvalue weighted by molar-refractivity contribution is 5.89. The van der Waals surface area contributed by atoms with E-state index in [-0.39, 0.29) is 29.2 Å². The Balaban J connectivity index is 2.01. The minimum atomic E-state index is -0.239. The number of nitrogens with one attached hydrogen (secondary N) is 2. The largest absolute Gasteiger partial charge is 0.381 e. The number of anilines is 1. The number of aromatic nitrogens is 1. The minimum Gasteiger partial charge on any atom is -0.381 e. The fourth-order valence-electron chi connectivity index (χ4n) is 3.66. The van der Waals surface area contributed by atoms with Gasteiger partial charge in [-0.15, -0.1) is 0 Å². The van der Waals surface area contributed by atoms with E-state index in [1.54, 1.807) is 23.9 Å². The van der Waals surface area contributed by atoms with E-state index in [4.69, 9.17) is 4.74 Å². The molecule has 23 heavy (non-hydrogen) atoms. The molecular weight excluding hydrogens is 294 g/mol. The first kappa shape index (κ1) is 17.5. The molecule has 1 aliphatic carbocycles. The van der Waals surface area contributed by atoms with Gasteiger partial charge in [0.25, 0.3) is 5.56 Å². The predicted molar refractivity (Wildman–Crippen MR) is 90.7 cm³/mol. The van der Waals surface area contributed by atoms with E-state index >= 15 is 0 Å².